The zero-order chi connectivity index (χ0) is 20.2. The van der Waals surface area contributed by atoms with Crippen molar-refractivity contribution in [3.8, 4) is 5.75 Å². The fourth-order valence-corrected chi connectivity index (χ4v) is 4.70. The normalized spacial score (nSPS) is 32.0. The van der Waals surface area contributed by atoms with Crippen LogP contribution in [0.25, 0.3) is 0 Å². The van der Waals surface area contributed by atoms with Crippen LogP contribution in [0.15, 0.2) is 24.3 Å². The zero-order valence-electron chi connectivity index (χ0n) is 16.0. The molecule has 1 aromatic carbocycles. The van der Waals surface area contributed by atoms with Gasteiger partial charge in [0.25, 0.3) is 0 Å². The summed E-state index contributed by atoms with van der Waals surface area (Å²) < 4.78 is 42.8. The Morgan fingerprint density at radius 3 is 2.25 bits per heavy atom. The topological polar surface area (TPSA) is 49.8 Å². The number of aliphatic hydroxyl groups is 1. The van der Waals surface area contributed by atoms with E-state index in [-0.39, 0.29) is 11.7 Å². The third-order valence-electron chi connectivity index (χ3n) is 6.85. The molecular weight excluding hydrogens is 371 g/mol. The molecule has 154 valence electrons. The molecule has 1 atom stereocenters. The predicted octanol–water partition coefficient (Wildman–Crippen LogP) is 4.45. The summed E-state index contributed by atoms with van der Waals surface area (Å²) in [7, 11) is 0. The average molecular weight is 397 g/mol. The highest BCUT2D eigenvalue weighted by atomic mass is 19.4. The second-order valence-corrected chi connectivity index (χ2v) is 8.66. The van der Waals surface area contributed by atoms with Crippen molar-refractivity contribution >= 4 is 11.6 Å². The first-order chi connectivity index (χ1) is 13.1. The van der Waals surface area contributed by atoms with Crippen molar-refractivity contribution in [3.63, 3.8) is 0 Å². The monoisotopic (exact) mass is 397 g/mol. The van der Waals surface area contributed by atoms with Crippen molar-refractivity contribution < 1.29 is 27.8 Å². The largest absolute Gasteiger partial charge is 0.481 e. The lowest BCUT2D eigenvalue weighted by atomic mass is 9.66. The van der Waals surface area contributed by atoms with Crippen molar-refractivity contribution in [2.24, 2.45) is 11.3 Å². The Hall–Kier alpha value is -1.76. The maximum absolute atomic E-state index is 13.1. The predicted molar refractivity (Wildman–Crippen MR) is 98.1 cm³/mol. The molecule has 4 rings (SSSR count). The minimum Gasteiger partial charge on any atom is -0.481 e. The Labute approximate surface area is 162 Å². The molecule has 28 heavy (non-hydrogen) atoms. The van der Waals surface area contributed by atoms with Crippen LogP contribution in [0.2, 0.25) is 0 Å². The van der Waals surface area contributed by atoms with Gasteiger partial charge in [-0.25, -0.2) is 0 Å². The van der Waals surface area contributed by atoms with E-state index in [2.05, 4.69) is 0 Å². The van der Waals surface area contributed by atoms with Gasteiger partial charge in [-0.15, -0.1) is 0 Å². The highest BCUT2D eigenvalue weighted by Gasteiger charge is 2.54. The minimum atomic E-state index is -4.42. The second kappa shape index (κ2) is 6.65. The molecule has 0 radical (unpaired) electrons. The van der Waals surface area contributed by atoms with Gasteiger partial charge in [-0.1, -0.05) is 0 Å². The first-order valence-electron chi connectivity index (χ1n) is 10.0. The van der Waals surface area contributed by atoms with Gasteiger partial charge in [0.1, 0.15) is 5.75 Å². The van der Waals surface area contributed by atoms with Gasteiger partial charge in [-0.3, -0.25) is 4.79 Å². The first kappa shape index (κ1) is 19.6. The summed E-state index contributed by atoms with van der Waals surface area (Å²) in [5.41, 5.74) is -0.314. The fraction of sp³-hybridized carbons (Fsp3) is 0.667. The van der Waals surface area contributed by atoms with Crippen LogP contribution in [0.4, 0.5) is 18.9 Å². The molecule has 1 N–H and O–H groups in total. The van der Waals surface area contributed by atoms with Gasteiger partial charge in [0, 0.05) is 12.2 Å². The summed E-state index contributed by atoms with van der Waals surface area (Å²) in [4.78, 5) is 14.9. The van der Waals surface area contributed by atoms with Crippen LogP contribution in [0, 0.1) is 11.3 Å². The summed E-state index contributed by atoms with van der Waals surface area (Å²) in [6.07, 6.45) is -0.592. The highest BCUT2D eigenvalue weighted by Crippen LogP contribution is 2.54. The number of benzene rings is 1. The molecule has 1 aliphatic heterocycles. The van der Waals surface area contributed by atoms with Crippen molar-refractivity contribution in [2.75, 3.05) is 11.4 Å². The number of halogens is 3. The van der Waals surface area contributed by atoms with Crippen molar-refractivity contribution in [1.29, 1.82) is 0 Å². The van der Waals surface area contributed by atoms with Gasteiger partial charge in [0.2, 0.25) is 5.91 Å². The maximum Gasteiger partial charge on any atom is 0.425 e. The smallest absolute Gasteiger partial charge is 0.425 e. The Morgan fingerprint density at radius 2 is 1.71 bits per heavy atom. The number of hydrogen-bond acceptors (Lipinski definition) is 3. The Morgan fingerprint density at radius 1 is 1.11 bits per heavy atom. The van der Waals surface area contributed by atoms with E-state index < -0.39 is 23.3 Å². The molecule has 4 nitrogen and oxygen atoms in total. The third-order valence-corrected chi connectivity index (χ3v) is 6.85. The number of alkyl halides is 3. The lowest BCUT2D eigenvalue weighted by molar-refractivity contribution is -0.189. The van der Waals surface area contributed by atoms with E-state index in [1.165, 1.54) is 12.1 Å². The number of ether oxygens (including phenoxy) is 1. The van der Waals surface area contributed by atoms with Crippen LogP contribution in [0.1, 0.15) is 51.9 Å². The molecule has 0 aromatic heterocycles. The lowest BCUT2D eigenvalue weighted by Crippen LogP contribution is -2.44. The molecule has 2 saturated carbocycles. The molecule has 7 heteroatoms. The van der Waals surface area contributed by atoms with E-state index >= 15 is 0 Å². The SMILES string of the molecule is CC(Oc1ccc(N2CCC3(CCC(O)(C4CC4)CC3)C2=O)cc1)C(F)(F)F. The number of carbonyl (C=O) groups excluding carboxylic acids is 1. The number of hydrogen-bond donors (Lipinski definition) is 1. The zero-order valence-corrected chi connectivity index (χ0v) is 16.0. The van der Waals surface area contributed by atoms with Crippen molar-refractivity contribution in [2.45, 2.75) is 69.8 Å². The number of rotatable bonds is 4. The molecule has 3 aliphatic rings. The van der Waals surface area contributed by atoms with Crippen LogP contribution in [0.5, 0.6) is 5.75 Å². The van der Waals surface area contributed by atoms with Crippen LogP contribution in [-0.4, -0.2) is 35.4 Å². The number of amides is 1. The van der Waals surface area contributed by atoms with E-state index in [9.17, 15) is 23.1 Å². The molecule has 1 spiro atoms. The highest BCUT2D eigenvalue weighted by molar-refractivity contribution is 6.00. The molecule has 1 heterocycles. The Bertz CT molecular complexity index is 734. The van der Waals surface area contributed by atoms with E-state index in [1.807, 2.05) is 0 Å². The summed E-state index contributed by atoms with van der Waals surface area (Å²) >= 11 is 0. The Kier molecular flexibility index (Phi) is 4.64. The molecule has 0 bridgehead atoms. The van der Waals surface area contributed by atoms with Gasteiger partial charge in [0.15, 0.2) is 6.10 Å². The average Bonchev–Trinajstić information content (AvgIpc) is 3.45. The molecule has 1 aromatic rings. The summed E-state index contributed by atoms with van der Waals surface area (Å²) in [5.74, 6) is 0.605. The third kappa shape index (κ3) is 3.49. The standard InChI is InChI=1S/C21H26F3NO3/c1-14(21(22,23)24)28-17-6-4-16(5-7-17)25-13-12-19(18(25)26)8-10-20(27,11-9-19)15-2-3-15/h4-7,14-15,27H,2-3,8-13H2,1H3. The molecular formula is C21H26F3NO3. The first-order valence-corrected chi connectivity index (χ1v) is 10.0. The van der Waals surface area contributed by atoms with E-state index in [0.29, 0.717) is 43.8 Å². The minimum absolute atomic E-state index is 0.0719. The van der Waals surface area contributed by atoms with Crippen LogP contribution in [0.3, 0.4) is 0 Å². The number of nitrogens with zero attached hydrogens (tertiary/aromatic N) is 1. The maximum atomic E-state index is 13.1. The van der Waals surface area contributed by atoms with Crippen LogP contribution < -0.4 is 9.64 Å². The van der Waals surface area contributed by atoms with Gasteiger partial charge >= 0.3 is 6.18 Å². The van der Waals surface area contributed by atoms with Crippen LogP contribution >= 0.6 is 0 Å². The fourth-order valence-electron chi connectivity index (χ4n) is 4.70. The van der Waals surface area contributed by atoms with E-state index in [1.54, 1.807) is 17.0 Å². The van der Waals surface area contributed by atoms with Crippen molar-refractivity contribution in [3.05, 3.63) is 24.3 Å². The van der Waals surface area contributed by atoms with Crippen LogP contribution in [-0.2, 0) is 4.79 Å². The molecule has 1 saturated heterocycles. The van der Waals surface area contributed by atoms with E-state index in [4.69, 9.17) is 4.74 Å². The number of anilines is 1. The molecule has 2 aliphatic carbocycles. The number of carbonyl (C=O) groups is 1. The van der Waals surface area contributed by atoms with Gasteiger partial charge < -0.3 is 14.7 Å². The Balaban J connectivity index is 1.41. The van der Waals surface area contributed by atoms with Gasteiger partial charge in [-0.05, 0) is 82.1 Å². The molecule has 3 fully saturated rings. The summed E-state index contributed by atoms with van der Waals surface area (Å²) in [6.45, 7) is 1.56. The lowest BCUT2D eigenvalue weighted by Gasteiger charge is -2.41. The van der Waals surface area contributed by atoms with Gasteiger partial charge in [0.05, 0.1) is 11.0 Å². The van der Waals surface area contributed by atoms with Crippen molar-refractivity contribution in [1.82, 2.24) is 0 Å². The van der Waals surface area contributed by atoms with E-state index in [0.717, 1.165) is 26.2 Å². The summed E-state index contributed by atoms with van der Waals surface area (Å²) in [6, 6.07) is 6.22. The quantitative estimate of drug-likeness (QED) is 0.816. The van der Waals surface area contributed by atoms with Gasteiger partial charge in [-0.2, -0.15) is 13.2 Å². The molecule has 1 amide bonds. The second-order valence-electron chi connectivity index (χ2n) is 8.66. The summed E-state index contributed by atoms with van der Waals surface area (Å²) in [5, 5.41) is 10.8. The molecule has 1 unspecified atom stereocenters.